The van der Waals surface area contributed by atoms with Crippen LogP contribution in [0.3, 0.4) is 0 Å². The average Bonchev–Trinajstić information content (AvgIpc) is 2.97. The van der Waals surface area contributed by atoms with Gasteiger partial charge in [0.15, 0.2) is 11.5 Å². The largest absolute Gasteiger partial charge is 0.493 e. The van der Waals surface area contributed by atoms with E-state index in [0.29, 0.717) is 0 Å². The summed E-state index contributed by atoms with van der Waals surface area (Å²) in [5, 5.41) is 2.06. The standard InChI is InChI=1S/C16H21NO3/c1-19-14-7-6-11(12-9-16(18)17-10-12)8-15(14)20-13-4-2-3-5-13/h6-8,12-13H,2-5,9-10H2,1H3,(H,17,18)/i2D2,3D2,4D2,5D2,6D,7D,8D,10D2. The van der Waals surface area contributed by atoms with Crippen LogP contribution in [0, 0.1) is 0 Å². The van der Waals surface area contributed by atoms with Crippen LogP contribution >= 0.6 is 0 Å². The molecule has 1 unspecified atom stereocenters. The molecule has 108 valence electrons. The second kappa shape index (κ2) is 5.73. The molecule has 3 rings (SSSR count). The molecule has 1 aliphatic heterocycles. The van der Waals surface area contributed by atoms with Gasteiger partial charge in [0.05, 0.1) is 17.3 Å². The first-order valence-corrected chi connectivity index (χ1v) is 5.92. The van der Waals surface area contributed by atoms with Crippen molar-refractivity contribution >= 4 is 5.91 Å². The number of rotatable bonds is 4. The summed E-state index contributed by atoms with van der Waals surface area (Å²) in [5.41, 5.74) is -0.440. The topological polar surface area (TPSA) is 47.6 Å². The molecule has 1 heterocycles. The van der Waals surface area contributed by atoms with Crippen LogP contribution in [0.15, 0.2) is 18.1 Å². The SMILES string of the molecule is [2H]c1c([2H])c(C2CC(=O)NC2([2H])[2H])c([2H])c(OC2C([2H])([2H])C([2H])([2H])C([2H])([2H])C2([2H])[2H])c1OC. The highest BCUT2D eigenvalue weighted by Gasteiger charge is 2.25. The maximum Gasteiger partial charge on any atom is 0.220 e. The molecule has 1 aromatic carbocycles. The Morgan fingerprint density at radius 1 is 1.35 bits per heavy atom. The summed E-state index contributed by atoms with van der Waals surface area (Å²) in [6.07, 6.45) is -16.1. The molecule has 1 aromatic rings. The molecule has 1 aliphatic carbocycles. The third-order valence-electron chi connectivity index (χ3n) is 2.80. The first-order valence-electron chi connectivity index (χ1n) is 12.4. The maximum absolute atomic E-state index is 11.8. The quantitative estimate of drug-likeness (QED) is 0.926. The molecular formula is C16H21NO3. The smallest absolute Gasteiger partial charge is 0.220 e. The van der Waals surface area contributed by atoms with Gasteiger partial charge in [0, 0.05) is 32.5 Å². The van der Waals surface area contributed by atoms with Crippen molar-refractivity contribution in [2.24, 2.45) is 0 Å². The van der Waals surface area contributed by atoms with E-state index in [9.17, 15) is 4.79 Å². The highest BCUT2D eigenvalue weighted by atomic mass is 16.5. The van der Waals surface area contributed by atoms with Crippen LogP contribution in [0.1, 0.15) is 61.2 Å². The number of hydrogen-bond acceptors (Lipinski definition) is 3. The summed E-state index contributed by atoms with van der Waals surface area (Å²) < 4.78 is 115. The van der Waals surface area contributed by atoms with Crippen molar-refractivity contribution in [1.29, 1.82) is 0 Å². The van der Waals surface area contributed by atoms with E-state index in [1.807, 2.05) is 0 Å². The minimum atomic E-state index is -3.36. The van der Waals surface area contributed by atoms with Crippen LogP contribution in [0.4, 0.5) is 0 Å². The molecule has 20 heavy (non-hydrogen) atoms. The zero-order valence-electron chi connectivity index (χ0n) is 23.6. The van der Waals surface area contributed by atoms with Gasteiger partial charge in [-0.1, -0.05) is 6.04 Å². The Hall–Kier alpha value is -1.71. The molecule has 0 aromatic heterocycles. The van der Waals surface area contributed by atoms with E-state index in [-0.39, 0.29) is 0 Å². The molecule has 2 fully saturated rings. The zero-order chi connectivity index (χ0) is 25.5. The van der Waals surface area contributed by atoms with Crippen LogP contribution in [0.25, 0.3) is 0 Å². The molecule has 0 radical (unpaired) electrons. The fourth-order valence-electron chi connectivity index (χ4n) is 1.84. The molecule has 4 heteroatoms. The zero-order valence-corrected chi connectivity index (χ0v) is 10.6. The highest BCUT2D eigenvalue weighted by molar-refractivity contribution is 5.79. The van der Waals surface area contributed by atoms with Gasteiger partial charge in [-0.2, -0.15) is 0 Å². The molecular weight excluding hydrogens is 254 g/mol. The van der Waals surface area contributed by atoms with E-state index in [0.717, 1.165) is 7.11 Å². The van der Waals surface area contributed by atoms with Crippen molar-refractivity contribution in [2.45, 2.75) is 43.9 Å². The normalized spacial score (nSPS) is 45.0. The van der Waals surface area contributed by atoms with E-state index in [4.69, 9.17) is 27.3 Å². The summed E-state index contributed by atoms with van der Waals surface area (Å²) in [4.78, 5) is 11.8. The number of amides is 1. The lowest BCUT2D eigenvalue weighted by Gasteiger charge is -2.18. The first kappa shape index (κ1) is 4.93. The predicted molar refractivity (Wildman–Crippen MR) is 76.2 cm³/mol. The molecule has 1 atom stereocenters. The van der Waals surface area contributed by atoms with E-state index < -0.39 is 91.5 Å². The molecule has 1 N–H and O–H groups in total. The Bertz CT molecular complexity index is 984. The number of benzene rings is 1. The van der Waals surface area contributed by atoms with Gasteiger partial charge in [-0.25, -0.2) is 0 Å². The van der Waals surface area contributed by atoms with Gasteiger partial charge in [0.25, 0.3) is 0 Å². The van der Waals surface area contributed by atoms with Crippen molar-refractivity contribution in [3.8, 4) is 11.5 Å². The summed E-state index contributed by atoms with van der Waals surface area (Å²) in [6.45, 7) is -2.40. The molecule has 1 saturated heterocycles. The summed E-state index contributed by atoms with van der Waals surface area (Å²) in [6, 6.07) is -2.14. The van der Waals surface area contributed by atoms with E-state index in [1.54, 1.807) is 0 Å². The Labute approximate surface area is 137 Å². The Balaban J connectivity index is 2.24. The van der Waals surface area contributed by atoms with Crippen molar-refractivity contribution in [1.82, 2.24) is 5.32 Å². The number of nitrogens with one attached hydrogen (secondary N) is 1. The van der Waals surface area contributed by atoms with Gasteiger partial charge >= 0.3 is 0 Å². The Kier molecular flexibility index (Phi) is 1.41. The number of carbonyl (C=O) groups is 1. The van der Waals surface area contributed by atoms with Gasteiger partial charge in [0.2, 0.25) is 5.91 Å². The molecule has 4 nitrogen and oxygen atoms in total. The molecule has 2 aliphatic rings. The molecule has 1 amide bonds. The van der Waals surface area contributed by atoms with Gasteiger partial charge < -0.3 is 14.8 Å². The van der Waals surface area contributed by atoms with Gasteiger partial charge in [-0.05, 0) is 43.1 Å². The van der Waals surface area contributed by atoms with Gasteiger partial charge in [0.1, 0.15) is 0 Å². The Morgan fingerprint density at radius 3 is 2.80 bits per heavy atom. The van der Waals surface area contributed by atoms with Crippen LogP contribution in [-0.2, 0) is 4.79 Å². The van der Waals surface area contributed by atoms with Crippen molar-refractivity contribution in [3.63, 3.8) is 0 Å². The number of hydrogen-bond donors (Lipinski definition) is 1. The van der Waals surface area contributed by atoms with Crippen molar-refractivity contribution < 1.29 is 32.1 Å². The van der Waals surface area contributed by atoms with E-state index in [2.05, 4.69) is 5.32 Å². The van der Waals surface area contributed by atoms with Crippen molar-refractivity contribution in [2.75, 3.05) is 13.6 Å². The lowest BCUT2D eigenvalue weighted by atomic mass is 9.98. The number of ether oxygens (including phenoxy) is 2. The summed E-state index contributed by atoms with van der Waals surface area (Å²) in [5.74, 6) is -3.49. The van der Waals surface area contributed by atoms with Crippen LogP contribution in [-0.4, -0.2) is 25.6 Å². The molecule has 0 bridgehead atoms. The third-order valence-corrected chi connectivity index (χ3v) is 2.80. The highest BCUT2D eigenvalue weighted by Crippen LogP contribution is 2.35. The molecule has 0 spiro atoms. The third kappa shape index (κ3) is 2.74. The lowest BCUT2D eigenvalue weighted by molar-refractivity contribution is -0.119. The average molecular weight is 288 g/mol. The monoisotopic (exact) mass is 288 g/mol. The fourth-order valence-corrected chi connectivity index (χ4v) is 1.84. The summed E-state index contributed by atoms with van der Waals surface area (Å²) in [7, 11) is 1.04. The Morgan fingerprint density at radius 2 is 2.15 bits per heavy atom. The predicted octanol–water partition coefficient (Wildman–Crippen LogP) is 2.62. The van der Waals surface area contributed by atoms with Gasteiger partial charge in [-0.15, -0.1) is 0 Å². The van der Waals surface area contributed by atoms with E-state index >= 15 is 0 Å². The second-order valence-corrected chi connectivity index (χ2v) is 4.14. The second-order valence-electron chi connectivity index (χ2n) is 4.14. The fraction of sp³-hybridized carbons (Fsp3) is 0.562. The van der Waals surface area contributed by atoms with Crippen LogP contribution in [0.2, 0.25) is 0 Å². The van der Waals surface area contributed by atoms with Crippen LogP contribution < -0.4 is 14.8 Å². The first-order chi connectivity index (χ1) is 14.8. The number of carbonyl (C=O) groups excluding carboxylic acids is 1. The summed E-state index contributed by atoms with van der Waals surface area (Å²) >= 11 is 0. The van der Waals surface area contributed by atoms with Crippen LogP contribution in [0.5, 0.6) is 11.5 Å². The lowest BCUT2D eigenvalue weighted by Crippen LogP contribution is -2.14. The molecule has 1 saturated carbocycles. The number of methoxy groups -OCH3 is 1. The van der Waals surface area contributed by atoms with E-state index in [1.165, 1.54) is 0 Å². The van der Waals surface area contributed by atoms with Gasteiger partial charge in [-0.3, -0.25) is 4.79 Å². The minimum absolute atomic E-state index is 0.440. The van der Waals surface area contributed by atoms with Crippen molar-refractivity contribution in [3.05, 3.63) is 23.7 Å². The maximum atomic E-state index is 11.8. The minimum Gasteiger partial charge on any atom is -0.493 e.